The average Bonchev–Trinajstić information content (AvgIpc) is 3.06. The third-order valence-electron chi connectivity index (χ3n) is 4.14. The van der Waals surface area contributed by atoms with E-state index in [1.165, 1.54) is 4.68 Å². The van der Waals surface area contributed by atoms with Gasteiger partial charge in [-0.05, 0) is 37.6 Å². The maximum Gasteiger partial charge on any atom is 0.280 e. The number of rotatable bonds is 7. The fraction of sp³-hybridized carbons (Fsp3) is 0.200. The highest BCUT2D eigenvalue weighted by atomic mass is 16.5. The highest BCUT2D eigenvalue weighted by Crippen LogP contribution is 2.23. The zero-order valence-corrected chi connectivity index (χ0v) is 16.2. The van der Waals surface area contributed by atoms with Gasteiger partial charge < -0.3 is 21.1 Å². The fourth-order valence-electron chi connectivity index (χ4n) is 2.67. The monoisotopic (exact) mass is 394 g/mol. The van der Waals surface area contributed by atoms with Gasteiger partial charge in [-0.3, -0.25) is 9.59 Å². The van der Waals surface area contributed by atoms with Gasteiger partial charge in [0.1, 0.15) is 12.3 Å². The van der Waals surface area contributed by atoms with Gasteiger partial charge in [0.2, 0.25) is 5.91 Å². The van der Waals surface area contributed by atoms with E-state index < -0.39 is 5.91 Å². The fourth-order valence-corrected chi connectivity index (χ4v) is 2.67. The minimum Gasteiger partial charge on any atom is -0.492 e. The van der Waals surface area contributed by atoms with E-state index in [0.717, 1.165) is 5.56 Å². The van der Waals surface area contributed by atoms with Crippen LogP contribution >= 0.6 is 0 Å². The summed E-state index contributed by atoms with van der Waals surface area (Å²) in [6.45, 7) is 4.01. The Bertz CT molecular complexity index is 1030. The van der Waals surface area contributed by atoms with Gasteiger partial charge in [-0.2, -0.15) is 0 Å². The number of ether oxygens (including phenoxy) is 1. The van der Waals surface area contributed by atoms with Gasteiger partial charge in [0.05, 0.1) is 12.3 Å². The number of hydrogen-bond donors (Lipinski definition) is 3. The number of carbonyl (C=O) groups excluding carboxylic acids is 2. The van der Waals surface area contributed by atoms with Crippen molar-refractivity contribution in [1.29, 1.82) is 0 Å². The molecule has 9 heteroatoms. The van der Waals surface area contributed by atoms with Crippen molar-refractivity contribution in [2.45, 2.75) is 20.4 Å². The lowest BCUT2D eigenvalue weighted by Crippen LogP contribution is -2.21. The molecular weight excluding hydrogens is 372 g/mol. The molecule has 2 aromatic carbocycles. The van der Waals surface area contributed by atoms with E-state index in [0.29, 0.717) is 23.7 Å². The lowest BCUT2D eigenvalue weighted by atomic mass is 10.2. The second kappa shape index (κ2) is 8.87. The molecule has 1 aromatic heterocycles. The van der Waals surface area contributed by atoms with E-state index in [9.17, 15) is 9.59 Å². The number of anilines is 3. The summed E-state index contributed by atoms with van der Waals surface area (Å²) >= 11 is 0. The predicted molar refractivity (Wildman–Crippen MR) is 110 cm³/mol. The molecule has 9 nitrogen and oxygen atoms in total. The molecule has 0 fully saturated rings. The van der Waals surface area contributed by atoms with Gasteiger partial charge in [0.25, 0.3) is 5.91 Å². The molecule has 150 valence electrons. The van der Waals surface area contributed by atoms with Crippen LogP contribution in [0, 0.1) is 6.92 Å². The molecule has 0 bridgehead atoms. The van der Waals surface area contributed by atoms with E-state index >= 15 is 0 Å². The van der Waals surface area contributed by atoms with Gasteiger partial charge in [0.15, 0.2) is 11.5 Å². The summed E-state index contributed by atoms with van der Waals surface area (Å²) in [7, 11) is 0. The van der Waals surface area contributed by atoms with Crippen molar-refractivity contribution >= 4 is 29.0 Å². The number of benzene rings is 2. The summed E-state index contributed by atoms with van der Waals surface area (Å²) in [4.78, 5) is 24.9. The van der Waals surface area contributed by atoms with Crippen molar-refractivity contribution in [2.75, 3.05) is 23.0 Å². The van der Waals surface area contributed by atoms with E-state index in [-0.39, 0.29) is 24.0 Å². The highest BCUT2D eigenvalue weighted by molar-refractivity contribution is 6.06. The van der Waals surface area contributed by atoms with Gasteiger partial charge in [-0.25, -0.2) is 4.68 Å². The van der Waals surface area contributed by atoms with E-state index in [4.69, 9.17) is 10.5 Å². The summed E-state index contributed by atoms with van der Waals surface area (Å²) in [6, 6.07) is 14.4. The predicted octanol–water partition coefficient (Wildman–Crippen LogP) is 2.46. The molecule has 3 aromatic rings. The third-order valence-corrected chi connectivity index (χ3v) is 4.14. The zero-order valence-electron chi connectivity index (χ0n) is 16.2. The quantitative estimate of drug-likeness (QED) is 0.565. The number of hydrogen-bond acceptors (Lipinski definition) is 6. The summed E-state index contributed by atoms with van der Waals surface area (Å²) in [5, 5.41) is 13.1. The number of carbonyl (C=O) groups is 2. The number of nitrogens with zero attached hydrogens (tertiary/aromatic N) is 3. The van der Waals surface area contributed by atoms with Crippen molar-refractivity contribution in [3.05, 3.63) is 59.8 Å². The van der Waals surface area contributed by atoms with Gasteiger partial charge in [-0.15, -0.1) is 5.10 Å². The Morgan fingerprint density at radius 2 is 1.76 bits per heavy atom. The molecule has 0 unspecified atom stereocenters. The summed E-state index contributed by atoms with van der Waals surface area (Å²) in [5.41, 5.74) is 8.03. The molecule has 0 radical (unpaired) electrons. The van der Waals surface area contributed by atoms with Crippen LogP contribution in [-0.2, 0) is 11.3 Å². The van der Waals surface area contributed by atoms with Crippen LogP contribution < -0.4 is 21.1 Å². The lowest BCUT2D eigenvalue weighted by molar-refractivity contribution is -0.116. The first kappa shape index (κ1) is 19.9. The maximum atomic E-state index is 12.5. The molecule has 1 heterocycles. The molecule has 0 aliphatic carbocycles. The largest absolute Gasteiger partial charge is 0.492 e. The molecule has 3 rings (SSSR count). The van der Waals surface area contributed by atoms with Gasteiger partial charge in [-0.1, -0.05) is 35.5 Å². The van der Waals surface area contributed by atoms with Crippen LogP contribution in [0.2, 0.25) is 0 Å². The highest BCUT2D eigenvalue weighted by Gasteiger charge is 2.20. The van der Waals surface area contributed by atoms with E-state index in [2.05, 4.69) is 20.9 Å². The van der Waals surface area contributed by atoms with Crippen molar-refractivity contribution in [2.24, 2.45) is 0 Å². The minimum atomic E-state index is -0.495. The third kappa shape index (κ3) is 4.70. The number of aromatic nitrogens is 3. The first-order valence-electron chi connectivity index (χ1n) is 9.07. The van der Waals surface area contributed by atoms with E-state index in [1.54, 1.807) is 24.3 Å². The van der Waals surface area contributed by atoms with Crippen LogP contribution in [0.5, 0.6) is 5.75 Å². The van der Waals surface area contributed by atoms with Gasteiger partial charge in [0, 0.05) is 5.69 Å². The zero-order chi connectivity index (χ0) is 20.8. The molecule has 4 N–H and O–H groups in total. The molecule has 0 spiro atoms. The second-order valence-electron chi connectivity index (χ2n) is 6.23. The Hall–Kier alpha value is -3.88. The Morgan fingerprint density at radius 3 is 2.48 bits per heavy atom. The maximum absolute atomic E-state index is 12.5. The SMILES string of the molecule is CCOc1ccccc1NC(=O)Cn1nnc(C(=O)Nc2ccccc2C)c1N. The number of amides is 2. The molecule has 0 saturated heterocycles. The minimum absolute atomic E-state index is 0.00401. The van der Waals surface area contributed by atoms with Crippen molar-refractivity contribution < 1.29 is 14.3 Å². The van der Waals surface area contributed by atoms with Crippen molar-refractivity contribution in [1.82, 2.24) is 15.0 Å². The Labute approximate surface area is 167 Å². The molecule has 29 heavy (non-hydrogen) atoms. The van der Waals surface area contributed by atoms with Crippen LogP contribution in [0.4, 0.5) is 17.2 Å². The number of aryl methyl sites for hydroxylation is 1. The Kier molecular flexibility index (Phi) is 6.08. The Balaban J connectivity index is 1.69. The van der Waals surface area contributed by atoms with Crippen LogP contribution in [0.15, 0.2) is 48.5 Å². The van der Waals surface area contributed by atoms with Crippen LogP contribution in [-0.4, -0.2) is 33.4 Å². The first-order valence-corrected chi connectivity index (χ1v) is 9.07. The second-order valence-corrected chi connectivity index (χ2v) is 6.23. The van der Waals surface area contributed by atoms with Crippen molar-refractivity contribution in [3.63, 3.8) is 0 Å². The average molecular weight is 394 g/mol. The first-order chi connectivity index (χ1) is 14.0. The summed E-state index contributed by atoms with van der Waals surface area (Å²) < 4.78 is 6.66. The number of nitrogen functional groups attached to an aromatic ring is 1. The topological polar surface area (TPSA) is 124 Å². The van der Waals surface area contributed by atoms with Crippen LogP contribution in [0.25, 0.3) is 0 Å². The molecular formula is C20H22N6O3. The van der Waals surface area contributed by atoms with E-state index in [1.807, 2.05) is 38.1 Å². The van der Waals surface area contributed by atoms with Crippen LogP contribution in [0.1, 0.15) is 23.0 Å². The Morgan fingerprint density at radius 1 is 1.07 bits per heavy atom. The molecule has 0 saturated carbocycles. The molecule has 0 atom stereocenters. The van der Waals surface area contributed by atoms with Gasteiger partial charge >= 0.3 is 0 Å². The lowest BCUT2D eigenvalue weighted by Gasteiger charge is -2.11. The summed E-state index contributed by atoms with van der Waals surface area (Å²) in [6.07, 6.45) is 0. The van der Waals surface area contributed by atoms with Crippen LogP contribution in [0.3, 0.4) is 0 Å². The molecule has 2 amide bonds. The normalized spacial score (nSPS) is 10.4. The standard InChI is InChI=1S/C20H22N6O3/c1-3-29-16-11-7-6-10-15(16)22-17(27)12-26-19(21)18(24-25-26)20(28)23-14-9-5-4-8-13(14)2/h4-11H,3,12,21H2,1-2H3,(H,22,27)(H,23,28). The molecule has 0 aliphatic heterocycles. The number of nitrogens with one attached hydrogen (secondary N) is 2. The summed E-state index contributed by atoms with van der Waals surface area (Å²) in [5.74, 6) is -0.303. The smallest absolute Gasteiger partial charge is 0.280 e. The number of nitrogens with two attached hydrogens (primary N) is 1. The van der Waals surface area contributed by atoms with Crippen molar-refractivity contribution in [3.8, 4) is 5.75 Å². The number of para-hydroxylation sites is 3. The molecule has 0 aliphatic rings.